The molecule has 5 nitrogen and oxygen atoms in total. The summed E-state index contributed by atoms with van der Waals surface area (Å²) < 4.78 is 7.04. The Balaban J connectivity index is 1.68. The van der Waals surface area contributed by atoms with E-state index in [4.69, 9.17) is 4.74 Å². The van der Waals surface area contributed by atoms with Gasteiger partial charge in [0, 0.05) is 12.2 Å². The van der Waals surface area contributed by atoms with Crippen LogP contribution in [0.3, 0.4) is 0 Å². The fourth-order valence-electron chi connectivity index (χ4n) is 2.50. The molecule has 1 aliphatic heterocycles. The summed E-state index contributed by atoms with van der Waals surface area (Å²) in [6, 6.07) is 5.91. The van der Waals surface area contributed by atoms with Crippen molar-refractivity contribution in [2.45, 2.75) is 21.5 Å². The van der Waals surface area contributed by atoms with Crippen LogP contribution < -0.4 is 9.64 Å². The topological polar surface area (TPSA) is 55.3 Å². The molecule has 0 saturated carbocycles. The lowest BCUT2D eigenvalue weighted by Crippen LogP contribution is -2.36. The SMILES string of the molecule is COc1ccc2c(c1)CCCN2C(=O)CSc1nnc(SC)s1. The summed E-state index contributed by atoms with van der Waals surface area (Å²) in [6.45, 7) is 0.769. The van der Waals surface area contributed by atoms with Crippen LogP contribution in [-0.2, 0) is 11.2 Å². The molecule has 0 spiro atoms. The first-order valence-electron chi connectivity index (χ1n) is 7.19. The molecule has 1 aliphatic rings. The molecule has 23 heavy (non-hydrogen) atoms. The fourth-order valence-corrected chi connectivity index (χ4v) is 4.81. The van der Waals surface area contributed by atoms with Gasteiger partial charge in [0.2, 0.25) is 5.91 Å². The van der Waals surface area contributed by atoms with E-state index < -0.39 is 0 Å². The number of amides is 1. The lowest BCUT2D eigenvalue weighted by Gasteiger charge is -2.29. The highest BCUT2D eigenvalue weighted by Gasteiger charge is 2.23. The van der Waals surface area contributed by atoms with Crippen LogP contribution >= 0.6 is 34.9 Å². The molecular formula is C15H17N3O2S3. The molecule has 1 aromatic carbocycles. The Morgan fingerprint density at radius 1 is 1.39 bits per heavy atom. The van der Waals surface area contributed by atoms with Crippen molar-refractivity contribution < 1.29 is 9.53 Å². The van der Waals surface area contributed by atoms with E-state index in [1.165, 1.54) is 28.7 Å². The van der Waals surface area contributed by atoms with E-state index in [0.29, 0.717) is 5.75 Å². The second-order valence-electron chi connectivity index (χ2n) is 4.97. The highest BCUT2D eigenvalue weighted by Crippen LogP contribution is 2.32. The van der Waals surface area contributed by atoms with Gasteiger partial charge in [0.25, 0.3) is 0 Å². The molecule has 2 heterocycles. The van der Waals surface area contributed by atoms with E-state index in [-0.39, 0.29) is 5.91 Å². The van der Waals surface area contributed by atoms with E-state index in [0.717, 1.165) is 39.5 Å². The van der Waals surface area contributed by atoms with Crippen LogP contribution in [0.4, 0.5) is 5.69 Å². The Labute approximate surface area is 147 Å². The predicted octanol–water partition coefficient (Wildman–Crippen LogP) is 3.34. The zero-order valence-electron chi connectivity index (χ0n) is 12.9. The molecule has 0 saturated heterocycles. The molecule has 1 amide bonds. The third-order valence-corrected chi connectivity index (χ3v) is 6.60. The largest absolute Gasteiger partial charge is 0.497 e. The van der Waals surface area contributed by atoms with Crippen molar-refractivity contribution in [1.82, 2.24) is 10.2 Å². The summed E-state index contributed by atoms with van der Waals surface area (Å²) in [6.07, 6.45) is 3.93. The maximum Gasteiger partial charge on any atom is 0.237 e. The Bertz CT molecular complexity index is 705. The third kappa shape index (κ3) is 3.81. The van der Waals surface area contributed by atoms with Gasteiger partial charge in [-0.3, -0.25) is 4.79 Å². The van der Waals surface area contributed by atoms with Gasteiger partial charge in [-0.05, 0) is 42.9 Å². The standard InChI is InChI=1S/C15H17N3O2S3/c1-20-11-5-6-12-10(8-11)4-3-7-18(12)13(19)9-22-15-17-16-14(21-2)23-15/h5-6,8H,3-4,7,9H2,1-2H3. The van der Waals surface area contributed by atoms with Crippen molar-refractivity contribution in [3.8, 4) is 5.75 Å². The first-order chi connectivity index (χ1) is 11.2. The number of fused-ring (bicyclic) bond motifs is 1. The highest BCUT2D eigenvalue weighted by atomic mass is 32.2. The van der Waals surface area contributed by atoms with E-state index >= 15 is 0 Å². The summed E-state index contributed by atoms with van der Waals surface area (Å²) in [5.74, 6) is 1.34. The normalized spacial score (nSPS) is 13.7. The van der Waals surface area contributed by atoms with Gasteiger partial charge in [0.15, 0.2) is 8.68 Å². The molecule has 0 aliphatic carbocycles. The minimum absolute atomic E-state index is 0.113. The summed E-state index contributed by atoms with van der Waals surface area (Å²) in [5.41, 5.74) is 2.18. The second-order valence-corrected chi connectivity index (χ2v) is 8.22. The summed E-state index contributed by atoms with van der Waals surface area (Å²) in [7, 11) is 1.66. The monoisotopic (exact) mass is 367 g/mol. The number of ether oxygens (including phenoxy) is 1. The Morgan fingerprint density at radius 2 is 2.22 bits per heavy atom. The number of aryl methyl sites for hydroxylation is 1. The van der Waals surface area contributed by atoms with Crippen molar-refractivity contribution >= 4 is 46.5 Å². The summed E-state index contributed by atoms with van der Waals surface area (Å²) >= 11 is 4.56. The molecule has 8 heteroatoms. The first kappa shape index (κ1) is 16.6. The van der Waals surface area contributed by atoms with E-state index in [9.17, 15) is 4.79 Å². The maximum atomic E-state index is 12.6. The van der Waals surface area contributed by atoms with Crippen LogP contribution in [0, 0.1) is 0 Å². The second kappa shape index (κ2) is 7.55. The van der Waals surface area contributed by atoms with Crippen molar-refractivity contribution in [3.63, 3.8) is 0 Å². The van der Waals surface area contributed by atoms with Crippen molar-refractivity contribution in [2.75, 3.05) is 30.6 Å². The number of benzene rings is 1. The van der Waals surface area contributed by atoms with Gasteiger partial charge in [0.1, 0.15) is 5.75 Å². The average molecular weight is 368 g/mol. The number of anilines is 1. The quantitative estimate of drug-likeness (QED) is 0.756. The van der Waals surface area contributed by atoms with Crippen molar-refractivity contribution in [1.29, 1.82) is 0 Å². The van der Waals surface area contributed by atoms with Gasteiger partial charge in [-0.25, -0.2) is 0 Å². The smallest absolute Gasteiger partial charge is 0.237 e. The number of aromatic nitrogens is 2. The number of hydrogen-bond donors (Lipinski definition) is 0. The highest BCUT2D eigenvalue weighted by molar-refractivity contribution is 8.03. The average Bonchev–Trinajstić information content (AvgIpc) is 3.06. The Hall–Kier alpha value is -1.25. The third-order valence-electron chi connectivity index (χ3n) is 3.59. The number of carbonyl (C=O) groups is 1. The van der Waals surface area contributed by atoms with Gasteiger partial charge >= 0.3 is 0 Å². The number of hydrogen-bond acceptors (Lipinski definition) is 7. The van der Waals surface area contributed by atoms with Gasteiger partial charge in [-0.1, -0.05) is 34.9 Å². The molecule has 1 aromatic heterocycles. The van der Waals surface area contributed by atoms with Gasteiger partial charge in [-0.2, -0.15) is 0 Å². The van der Waals surface area contributed by atoms with E-state index in [1.807, 2.05) is 29.4 Å². The van der Waals surface area contributed by atoms with Gasteiger partial charge < -0.3 is 9.64 Å². The lowest BCUT2D eigenvalue weighted by atomic mass is 10.0. The maximum absolute atomic E-state index is 12.6. The Morgan fingerprint density at radius 3 is 2.96 bits per heavy atom. The van der Waals surface area contributed by atoms with Gasteiger partial charge in [-0.15, -0.1) is 10.2 Å². The van der Waals surface area contributed by atoms with E-state index in [1.54, 1.807) is 18.9 Å². The number of nitrogens with zero attached hydrogens (tertiary/aromatic N) is 3. The number of rotatable bonds is 5. The lowest BCUT2D eigenvalue weighted by molar-refractivity contribution is -0.116. The number of carbonyl (C=O) groups excluding carboxylic acids is 1. The van der Waals surface area contributed by atoms with Crippen LogP contribution in [0.5, 0.6) is 5.75 Å². The molecular weight excluding hydrogens is 350 g/mol. The van der Waals surface area contributed by atoms with Crippen LogP contribution in [0.25, 0.3) is 0 Å². The molecule has 0 fully saturated rings. The number of methoxy groups -OCH3 is 1. The first-order valence-corrected chi connectivity index (χ1v) is 10.2. The van der Waals surface area contributed by atoms with Crippen LogP contribution in [0.1, 0.15) is 12.0 Å². The van der Waals surface area contributed by atoms with Crippen LogP contribution in [0.15, 0.2) is 26.9 Å². The predicted molar refractivity (Wildman–Crippen MR) is 96.1 cm³/mol. The minimum Gasteiger partial charge on any atom is -0.497 e. The fraction of sp³-hybridized carbons (Fsp3) is 0.400. The molecule has 122 valence electrons. The molecule has 0 bridgehead atoms. The van der Waals surface area contributed by atoms with E-state index in [2.05, 4.69) is 10.2 Å². The molecule has 3 rings (SSSR count). The zero-order chi connectivity index (χ0) is 16.2. The summed E-state index contributed by atoms with van der Waals surface area (Å²) in [5, 5.41) is 8.15. The molecule has 0 atom stereocenters. The minimum atomic E-state index is 0.113. The van der Waals surface area contributed by atoms with Crippen LogP contribution in [-0.4, -0.2) is 41.8 Å². The number of thioether (sulfide) groups is 2. The molecule has 2 aromatic rings. The zero-order valence-corrected chi connectivity index (χ0v) is 15.4. The van der Waals surface area contributed by atoms with Crippen LogP contribution in [0.2, 0.25) is 0 Å². The molecule has 0 unspecified atom stereocenters. The van der Waals surface area contributed by atoms with Crippen molar-refractivity contribution in [2.24, 2.45) is 0 Å². The molecule has 0 N–H and O–H groups in total. The van der Waals surface area contributed by atoms with Crippen molar-refractivity contribution in [3.05, 3.63) is 23.8 Å². The van der Waals surface area contributed by atoms with Gasteiger partial charge in [0.05, 0.1) is 12.9 Å². The summed E-state index contributed by atoms with van der Waals surface area (Å²) in [4.78, 5) is 14.5. The Kier molecular flexibility index (Phi) is 5.45. The molecule has 0 radical (unpaired) electrons.